The van der Waals surface area contributed by atoms with Crippen LogP contribution in [0.15, 0.2) is 24.3 Å². The van der Waals surface area contributed by atoms with Gasteiger partial charge in [0.15, 0.2) is 11.6 Å². The first-order valence-corrected chi connectivity index (χ1v) is 13.3. The molecule has 0 aliphatic carbocycles. The molecular formula is C27H31F3N4O3S. The molecule has 1 aliphatic rings. The number of anilines is 1. The van der Waals surface area contributed by atoms with Crippen LogP contribution in [0.1, 0.15) is 71.7 Å². The molecule has 1 unspecified atom stereocenters. The summed E-state index contributed by atoms with van der Waals surface area (Å²) in [7, 11) is 0. The molecular weight excluding hydrogens is 517 g/mol. The van der Waals surface area contributed by atoms with Gasteiger partial charge in [-0.15, -0.1) is 16.4 Å². The number of aryl methyl sites for hydroxylation is 1. The van der Waals surface area contributed by atoms with Crippen LogP contribution in [0.25, 0.3) is 10.1 Å². The van der Waals surface area contributed by atoms with Crippen LogP contribution >= 0.6 is 11.3 Å². The Hall–Kier alpha value is -3.05. The maximum Gasteiger partial charge on any atom is 0.416 e. The zero-order chi connectivity index (χ0) is 28.0. The van der Waals surface area contributed by atoms with Gasteiger partial charge < -0.3 is 15.3 Å². The molecule has 0 bridgehead atoms. The molecule has 2 aromatic heterocycles. The second-order valence-electron chi connectivity index (χ2n) is 10.3. The number of aromatic nitrogens is 2. The Morgan fingerprint density at radius 3 is 2.42 bits per heavy atom. The van der Waals surface area contributed by atoms with Crippen molar-refractivity contribution in [1.29, 1.82) is 0 Å². The fourth-order valence-electron chi connectivity index (χ4n) is 5.00. The van der Waals surface area contributed by atoms with Gasteiger partial charge in [0.1, 0.15) is 6.10 Å². The fourth-order valence-corrected chi connectivity index (χ4v) is 6.19. The summed E-state index contributed by atoms with van der Waals surface area (Å²) in [6.07, 6.45) is -4.57. The minimum atomic E-state index is -4.45. The minimum Gasteiger partial charge on any atom is -0.384 e. The van der Waals surface area contributed by atoms with Crippen LogP contribution < -0.4 is 5.32 Å². The zero-order valence-electron chi connectivity index (χ0n) is 21.9. The topological polar surface area (TPSA) is 95.4 Å². The molecule has 2 atom stereocenters. The number of amides is 1. The Bertz CT molecular complexity index is 1380. The third kappa shape index (κ3) is 5.26. The summed E-state index contributed by atoms with van der Waals surface area (Å²) in [4.78, 5) is 27.9. The highest BCUT2D eigenvalue weighted by Crippen LogP contribution is 2.41. The van der Waals surface area contributed by atoms with Gasteiger partial charge >= 0.3 is 6.18 Å². The Morgan fingerprint density at radius 2 is 1.82 bits per heavy atom. The number of thiophene rings is 1. The number of nitrogens with zero attached hydrogens (tertiary/aromatic N) is 3. The summed E-state index contributed by atoms with van der Waals surface area (Å²) in [6.45, 7) is 9.12. The van der Waals surface area contributed by atoms with Crippen LogP contribution in [-0.4, -0.2) is 51.1 Å². The molecule has 11 heteroatoms. The van der Waals surface area contributed by atoms with Gasteiger partial charge in [-0.1, -0.05) is 19.1 Å². The van der Waals surface area contributed by atoms with Crippen molar-refractivity contribution in [3.8, 4) is 0 Å². The van der Waals surface area contributed by atoms with Crippen LogP contribution in [-0.2, 0) is 11.0 Å². The van der Waals surface area contributed by atoms with Crippen molar-refractivity contribution in [3.63, 3.8) is 0 Å². The zero-order valence-corrected chi connectivity index (χ0v) is 22.8. The maximum atomic E-state index is 13.6. The van der Waals surface area contributed by atoms with E-state index in [9.17, 15) is 27.9 Å². The Labute approximate surface area is 223 Å². The van der Waals surface area contributed by atoms with E-state index in [0.29, 0.717) is 53.3 Å². The van der Waals surface area contributed by atoms with Crippen molar-refractivity contribution in [2.75, 3.05) is 18.4 Å². The van der Waals surface area contributed by atoms with Crippen LogP contribution in [0.2, 0.25) is 0 Å². The van der Waals surface area contributed by atoms with Gasteiger partial charge in [-0.3, -0.25) is 9.59 Å². The highest BCUT2D eigenvalue weighted by molar-refractivity contribution is 7.21. The lowest BCUT2D eigenvalue weighted by Crippen LogP contribution is -2.47. The van der Waals surface area contributed by atoms with Gasteiger partial charge in [-0.25, -0.2) is 0 Å². The number of aliphatic hydroxyl groups is 1. The monoisotopic (exact) mass is 548 g/mol. The lowest BCUT2D eigenvalue weighted by molar-refractivity contribution is -0.141. The van der Waals surface area contributed by atoms with Crippen LogP contribution in [0.4, 0.5) is 19.0 Å². The molecule has 3 heterocycles. The Kier molecular flexibility index (Phi) is 7.55. The molecule has 0 spiro atoms. The predicted molar refractivity (Wildman–Crippen MR) is 140 cm³/mol. The molecule has 1 aliphatic heterocycles. The molecule has 1 amide bonds. The van der Waals surface area contributed by atoms with Crippen molar-refractivity contribution in [2.45, 2.75) is 65.8 Å². The number of carbonyl (C=O) groups excluding carboxylic acids is 2. The molecule has 1 saturated heterocycles. The van der Waals surface area contributed by atoms with Crippen molar-refractivity contribution in [1.82, 2.24) is 15.1 Å². The predicted octanol–water partition coefficient (Wildman–Crippen LogP) is 5.69. The van der Waals surface area contributed by atoms with Gasteiger partial charge in [0.05, 0.1) is 26.9 Å². The molecule has 0 radical (unpaired) electrons. The van der Waals surface area contributed by atoms with Gasteiger partial charge in [0.2, 0.25) is 0 Å². The third-order valence-electron chi connectivity index (χ3n) is 7.42. The quantitative estimate of drug-likeness (QED) is 0.384. The number of nitrogens with one attached hydrogen (secondary N) is 1. The molecule has 38 heavy (non-hydrogen) atoms. The largest absolute Gasteiger partial charge is 0.416 e. The van der Waals surface area contributed by atoms with Gasteiger partial charge in [0.25, 0.3) is 5.91 Å². The van der Waals surface area contributed by atoms with Gasteiger partial charge in [-0.05, 0) is 63.8 Å². The van der Waals surface area contributed by atoms with Crippen molar-refractivity contribution >= 4 is 38.9 Å². The molecule has 7 nitrogen and oxygen atoms in total. The molecule has 1 fully saturated rings. The smallest absolute Gasteiger partial charge is 0.384 e. The van der Waals surface area contributed by atoms with E-state index < -0.39 is 29.3 Å². The minimum absolute atomic E-state index is 0.0324. The average molecular weight is 549 g/mol. The number of piperidine rings is 1. The highest BCUT2D eigenvalue weighted by Gasteiger charge is 2.40. The van der Waals surface area contributed by atoms with E-state index >= 15 is 0 Å². The molecule has 4 rings (SSSR count). The number of carbonyl (C=O) groups is 2. The lowest BCUT2D eigenvalue weighted by atomic mass is 9.76. The van der Waals surface area contributed by atoms with E-state index in [1.54, 1.807) is 30.9 Å². The van der Waals surface area contributed by atoms with Crippen molar-refractivity contribution in [2.24, 2.45) is 5.41 Å². The van der Waals surface area contributed by atoms with Crippen molar-refractivity contribution in [3.05, 3.63) is 51.5 Å². The second-order valence-corrected chi connectivity index (χ2v) is 11.3. The average Bonchev–Trinajstić information content (AvgIpc) is 3.31. The summed E-state index contributed by atoms with van der Waals surface area (Å²) in [5.41, 5.74) is -0.0541. The molecule has 2 N–H and O–H groups in total. The summed E-state index contributed by atoms with van der Waals surface area (Å²) in [6, 6.07) is 5.39. The Balaban J connectivity index is 1.60. The van der Waals surface area contributed by atoms with Crippen molar-refractivity contribution < 1.29 is 27.9 Å². The first-order chi connectivity index (χ1) is 17.7. The number of ketones is 1. The second kappa shape index (κ2) is 10.3. The summed E-state index contributed by atoms with van der Waals surface area (Å²) in [5, 5.41) is 22.0. The third-order valence-corrected chi connectivity index (χ3v) is 8.67. The van der Waals surface area contributed by atoms with E-state index in [-0.39, 0.29) is 17.3 Å². The van der Waals surface area contributed by atoms with Gasteiger partial charge in [-0.2, -0.15) is 18.3 Å². The number of hydrogen-bond donors (Lipinski definition) is 2. The normalized spacial score (nSPS) is 17.3. The molecule has 1 aromatic carbocycles. The first-order valence-electron chi connectivity index (χ1n) is 12.4. The Morgan fingerprint density at radius 1 is 1.16 bits per heavy atom. The van der Waals surface area contributed by atoms with Gasteiger partial charge in [0, 0.05) is 23.9 Å². The number of likely N-dealkylation sites (tertiary alicyclic amines) is 1. The number of benzene rings is 1. The standard InChI is InChI=1S/C27H31F3N4O3S/c1-14-18(7-6-8-20(14)27(28,29)30)15(2)31-24-19-13-21(38-22(19)16(3)32-33-24)23(36)26(5)9-11-34(12-10-26)25(37)17(4)35/h6-8,13,15,17,35H,9-12H2,1-5H3,(H,31,33)/t15-,17?/m1/s1. The van der Waals surface area contributed by atoms with E-state index in [4.69, 9.17) is 0 Å². The maximum absolute atomic E-state index is 13.6. The van der Waals surface area contributed by atoms with E-state index in [2.05, 4.69) is 15.5 Å². The number of Topliss-reactive ketones (excluding diaryl/α,β-unsaturated/α-hetero) is 1. The fraction of sp³-hybridized carbons (Fsp3) is 0.481. The number of hydrogen-bond acceptors (Lipinski definition) is 7. The summed E-state index contributed by atoms with van der Waals surface area (Å²) < 4.78 is 41.1. The lowest BCUT2D eigenvalue weighted by Gasteiger charge is -2.38. The molecule has 0 saturated carbocycles. The highest BCUT2D eigenvalue weighted by atomic mass is 32.1. The number of aliphatic hydroxyl groups excluding tert-OH is 1. The molecule has 3 aromatic rings. The van der Waals surface area contributed by atoms with Crippen LogP contribution in [0, 0.1) is 19.3 Å². The number of rotatable bonds is 6. The summed E-state index contributed by atoms with van der Waals surface area (Å²) >= 11 is 1.32. The van der Waals surface area contributed by atoms with E-state index in [1.165, 1.54) is 31.3 Å². The SMILES string of the molecule is Cc1c([C@@H](C)Nc2nnc(C)c3sc(C(=O)C4(C)CCN(C(=O)C(C)O)CC4)cc23)cccc1C(F)(F)F. The number of alkyl halides is 3. The van der Waals surface area contributed by atoms with Crippen LogP contribution in [0.5, 0.6) is 0 Å². The van der Waals surface area contributed by atoms with E-state index in [1.807, 2.05) is 6.92 Å². The number of fused-ring (bicyclic) bond motifs is 1. The van der Waals surface area contributed by atoms with Crippen LogP contribution in [0.3, 0.4) is 0 Å². The van der Waals surface area contributed by atoms with E-state index in [0.717, 1.165) is 10.8 Å². The number of halogens is 3. The molecule has 204 valence electrons. The summed E-state index contributed by atoms with van der Waals surface area (Å²) in [5.74, 6) is 0.0256. The first kappa shape index (κ1) is 28.0.